The maximum absolute atomic E-state index is 13.8. The lowest BCUT2D eigenvalue weighted by Crippen LogP contribution is -2.32. The van der Waals surface area contributed by atoms with Crippen LogP contribution >= 0.6 is 0 Å². The minimum atomic E-state index is -1.31. The lowest BCUT2D eigenvalue weighted by atomic mass is 9.96. The molecule has 0 radical (unpaired) electrons. The van der Waals surface area contributed by atoms with E-state index in [1.165, 1.54) is 30.0 Å². The summed E-state index contributed by atoms with van der Waals surface area (Å²) in [5.74, 6) is -0.504. The summed E-state index contributed by atoms with van der Waals surface area (Å²) in [6.07, 6.45) is 0.358. The normalized spacial score (nSPS) is 23.2. The first-order valence-electron chi connectivity index (χ1n) is 6.58. The first-order valence-corrected chi connectivity index (χ1v) is 6.58. The number of likely N-dealkylation sites (tertiary alicyclic amines) is 1. The largest absolute Gasteiger partial charge is 0.335 e. The predicted octanol–water partition coefficient (Wildman–Crippen LogP) is 3.52. The number of rotatable bonds is 2. The molecule has 0 aromatic heterocycles. The summed E-state index contributed by atoms with van der Waals surface area (Å²) in [4.78, 5) is 13.9. The van der Waals surface area contributed by atoms with E-state index in [0.717, 1.165) is 0 Å². The molecule has 1 aromatic rings. The number of hydrogen-bond acceptors (Lipinski definition) is 1. The highest BCUT2D eigenvalue weighted by atomic mass is 19.1. The van der Waals surface area contributed by atoms with Crippen molar-refractivity contribution >= 4 is 5.91 Å². The summed E-state index contributed by atoms with van der Waals surface area (Å²) in [5.41, 5.74) is -0.153. The molecule has 0 N–H and O–H groups in total. The van der Waals surface area contributed by atoms with Gasteiger partial charge in [-0.3, -0.25) is 4.79 Å². The Bertz CT molecular complexity index is 497. The summed E-state index contributed by atoms with van der Waals surface area (Å²) in [6.45, 7) is 5.86. The fraction of sp³-hybridized carbons (Fsp3) is 0.533. The van der Waals surface area contributed by atoms with Crippen LogP contribution in [0, 0.1) is 5.82 Å². The van der Waals surface area contributed by atoms with E-state index in [9.17, 15) is 13.6 Å². The molecular weight excluding hydrogens is 248 g/mol. The number of nitrogens with zero attached hydrogens (tertiary/aromatic N) is 1. The Morgan fingerprint density at radius 3 is 2.63 bits per heavy atom. The molecule has 1 heterocycles. The highest BCUT2D eigenvalue weighted by Crippen LogP contribution is 2.28. The van der Waals surface area contributed by atoms with Gasteiger partial charge in [0.05, 0.1) is 6.54 Å². The Balaban J connectivity index is 2.29. The minimum absolute atomic E-state index is 0.0500. The second-order valence-electron chi connectivity index (χ2n) is 5.78. The van der Waals surface area contributed by atoms with Crippen LogP contribution in [0.4, 0.5) is 8.78 Å². The highest BCUT2D eigenvalue weighted by molar-refractivity contribution is 5.96. The molecule has 0 saturated carbocycles. The molecule has 2 nitrogen and oxygen atoms in total. The number of carbonyl (C=O) groups is 1. The third-order valence-corrected chi connectivity index (χ3v) is 3.58. The Hall–Kier alpha value is -1.45. The van der Waals surface area contributed by atoms with Crippen LogP contribution in [0.3, 0.4) is 0 Å². The summed E-state index contributed by atoms with van der Waals surface area (Å²) >= 11 is 0. The first-order chi connectivity index (χ1) is 8.80. The molecule has 0 bridgehead atoms. The Kier molecular flexibility index (Phi) is 3.61. The van der Waals surface area contributed by atoms with E-state index in [2.05, 4.69) is 0 Å². The highest BCUT2D eigenvalue weighted by Gasteiger charge is 2.36. The molecule has 1 saturated heterocycles. The van der Waals surface area contributed by atoms with Gasteiger partial charge in [-0.2, -0.15) is 0 Å². The third-order valence-electron chi connectivity index (χ3n) is 3.58. The number of hydrogen-bond donors (Lipinski definition) is 0. The van der Waals surface area contributed by atoms with Gasteiger partial charge in [0.25, 0.3) is 5.91 Å². The van der Waals surface area contributed by atoms with Crippen LogP contribution in [0.5, 0.6) is 0 Å². The van der Waals surface area contributed by atoms with Crippen molar-refractivity contribution in [3.63, 3.8) is 0 Å². The SMILES string of the molecule is CC(C)c1cc(F)ccc1C(=O)N1CCC(C)(F)C1. The molecule has 19 heavy (non-hydrogen) atoms. The summed E-state index contributed by atoms with van der Waals surface area (Å²) in [7, 11) is 0. The summed E-state index contributed by atoms with van der Waals surface area (Å²) in [5, 5.41) is 0. The molecule has 1 fully saturated rings. The number of alkyl halides is 1. The van der Waals surface area contributed by atoms with E-state index in [1.54, 1.807) is 0 Å². The Morgan fingerprint density at radius 2 is 2.11 bits per heavy atom. The van der Waals surface area contributed by atoms with Crippen molar-refractivity contribution in [3.05, 3.63) is 35.1 Å². The zero-order chi connectivity index (χ0) is 14.2. The van der Waals surface area contributed by atoms with E-state index >= 15 is 0 Å². The fourth-order valence-electron chi connectivity index (χ4n) is 2.47. The molecule has 0 spiro atoms. The molecule has 104 valence electrons. The van der Waals surface area contributed by atoms with Crippen molar-refractivity contribution in [2.75, 3.05) is 13.1 Å². The Morgan fingerprint density at radius 1 is 1.42 bits per heavy atom. The topological polar surface area (TPSA) is 20.3 Å². The van der Waals surface area contributed by atoms with Gasteiger partial charge >= 0.3 is 0 Å². The second kappa shape index (κ2) is 4.91. The van der Waals surface area contributed by atoms with Crippen molar-refractivity contribution in [1.29, 1.82) is 0 Å². The van der Waals surface area contributed by atoms with Gasteiger partial charge in [-0.05, 0) is 36.6 Å². The van der Waals surface area contributed by atoms with Gasteiger partial charge in [0.2, 0.25) is 0 Å². The fourth-order valence-corrected chi connectivity index (χ4v) is 2.47. The summed E-state index contributed by atoms with van der Waals surface area (Å²) in [6, 6.07) is 4.17. The average molecular weight is 267 g/mol. The van der Waals surface area contributed by atoms with Gasteiger partial charge in [0, 0.05) is 18.5 Å². The van der Waals surface area contributed by atoms with Crippen molar-refractivity contribution in [3.8, 4) is 0 Å². The van der Waals surface area contributed by atoms with Crippen molar-refractivity contribution in [2.45, 2.75) is 38.8 Å². The van der Waals surface area contributed by atoms with Crippen LogP contribution in [0.15, 0.2) is 18.2 Å². The van der Waals surface area contributed by atoms with E-state index in [-0.39, 0.29) is 24.2 Å². The van der Waals surface area contributed by atoms with Crippen LogP contribution in [0.25, 0.3) is 0 Å². The molecule has 0 aliphatic carbocycles. The minimum Gasteiger partial charge on any atom is -0.335 e. The number of benzene rings is 1. The van der Waals surface area contributed by atoms with Gasteiger partial charge < -0.3 is 4.90 Å². The zero-order valence-electron chi connectivity index (χ0n) is 11.5. The molecule has 1 unspecified atom stereocenters. The average Bonchev–Trinajstić information content (AvgIpc) is 2.68. The van der Waals surface area contributed by atoms with Gasteiger partial charge in [-0.1, -0.05) is 13.8 Å². The molecule has 1 aliphatic rings. The smallest absolute Gasteiger partial charge is 0.254 e. The van der Waals surface area contributed by atoms with E-state index in [4.69, 9.17) is 0 Å². The van der Waals surface area contributed by atoms with Gasteiger partial charge in [-0.15, -0.1) is 0 Å². The lowest BCUT2D eigenvalue weighted by Gasteiger charge is -2.20. The van der Waals surface area contributed by atoms with Crippen LogP contribution in [-0.4, -0.2) is 29.6 Å². The number of halogens is 2. The quantitative estimate of drug-likeness (QED) is 0.802. The standard InChI is InChI=1S/C15H19F2NO/c1-10(2)13-8-11(16)4-5-12(13)14(19)18-7-6-15(3,17)9-18/h4-5,8,10H,6-7,9H2,1-3H3. The second-order valence-corrected chi connectivity index (χ2v) is 5.78. The third kappa shape index (κ3) is 2.94. The van der Waals surface area contributed by atoms with Crippen LogP contribution in [-0.2, 0) is 0 Å². The molecular formula is C15H19F2NO. The van der Waals surface area contributed by atoms with Crippen LogP contribution in [0.2, 0.25) is 0 Å². The molecule has 1 atom stereocenters. The molecule has 1 aliphatic heterocycles. The van der Waals surface area contributed by atoms with E-state index in [1.807, 2.05) is 13.8 Å². The van der Waals surface area contributed by atoms with Crippen LogP contribution in [0.1, 0.15) is 49.0 Å². The number of carbonyl (C=O) groups excluding carboxylic acids is 1. The molecule has 1 aromatic carbocycles. The van der Waals surface area contributed by atoms with Crippen molar-refractivity contribution < 1.29 is 13.6 Å². The van der Waals surface area contributed by atoms with Gasteiger partial charge in [-0.25, -0.2) is 8.78 Å². The van der Waals surface area contributed by atoms with Crippen molar-refractivity contribution in [1.82, 2.24) is 4.90 Å². The van der Waals surface area contributed by atoms with Gasteiger partial charge in [0.15, 0.2) is 0 Å². The predicted molar refractivity (Wildman–Crippen MR) is 70.5 cm³/mol. The molecule has 1 amide bonds. The summed E-state index contributed by atoms with van der Waals surface area (Å²) < 4.78 is 27.1. The van der Waals surface area contributed by atoms with E-state index in [0.29, 0.717) is 24.1 Å². The maximum atomic E-state index is 13.8. The zero-order valence-corrected chi connectivity index (χ0v) is 11.5. The first kappa shape index (κ1) is 14.0. The Labute approximate surface area is 112 Å². The number of amides is 1. The van der Waals surface area contributed by atoms with Crippen molar-refractivity contribution in [2.24, 2.45) is 0 Å². The lowest BCUT2D eigenvalue weighted by molar-refractivity contribution is 0.0759. The molecule has 4 heteroatoms. The molecule has 2 rings (SSSR count). The van der Waals surface area contributed by atoms with Gasteiger partial charge in [0.1, 0.15) is 11.5 Å². The van der Waals surface area contributed by atoms with Crippen LogP contribution < -0.4 is 0 Å². The monoisotopic (exact) mass is 267 g/mol. The maximum Gasteiger partial charge on any atom is 0.254 e. The van der Waals surface area contributed by atoms with E-state index < -0.39 is 5.67 Å².